The van der Waals surface area contributed by atoms with Crippen LogP contribution in [-0.4, -0.2) is 36.0 Å². The minimum atomic E-state index is -0.0884. The van der Waals surface area contributed by atoms with E-state index in [1.165, 1.54) is 0 Å². The van der Waals surface area contributed by atoms with E-state index in [4.69, 9.17) is 4.42 Å². The minimum Gasteiger partial charge on any atom is -0.467 e. The number of carbonyl (C=O) groups is 2. The van der Waals surface area contributed by atoms with E-state index in [0.717, 1.165) is 37.1 Å². The number of hydrogen-bond donors (Lipinski definition) is 1. The standard InChI is InChI=1S/C20H23N3O3/c24-19(15-7-9-17(10-8-15)22-12-11-21-20(22)25)23(16-4-1-2-5-16)14-18-6-3-13-26-18/h3,6-10,13,16H,1-2,4-5,11-12,14H2,(H,21,25). The van der Waals surface area contributed by atoms with Gasteiger partial charge in [0.05, 0.1) is 12.8 Å². The van der Waals surface area contributed by atoms with Gasteiger partial charge in [-0.15, -0.1) is 0 Å². The Morgan fingerprint density at radius 2 is 1.96 bits per heavy atom. The Morgan fingerprint density at radius 3 is 2.58 bits per heavy atom. The first kappa shape index (κ1) is 16.7. The van der Waals surface area contributed by atoms with E-state index in [9.17, 15) is 9.59 Å². The van der Waals surface area contributed by atoms with Gasteiger partial charge in [-0.3, -0.25) is 9.69 Å². The molecular formula is C20H23N3O3. The number of nitrogens with zero attached hydrogens (tertiary/aromatic N) is 2. The van der Waals surface area contributed by atoms with Crippen molar-refractivity contribution in [1.82, 2.24) is 10.2 Å². The first-order valence-corrected chi connectivity index (χ1v) is 9.21. The number of carbonyl (C=O) groups excluding carboxylic acids is 2. The summed E-state index contributed by atoms with van der Waals surface area (Å²) in [7, 11) is 0. The van der Waals surface area contributed by atoms with Gasteiger partial charge in [0.2, 0.25) is 0 Å². The number of nitrogens with one attached hydrogen (secondary N) is 1. The van der Waals surface area contributed by atoms with Crippen LogP contribution in [0.3, 0.4) is 0 Å². The summed E-state index contributed by atoms with van der Waals surface area (Å²) in [5, 5.41) is 2.79. The number of amides is 3. The van der Waals surface area contributed by atoms with Gasteiger partial charge in [0.1, 0.15) is 5.76 Å². The van der Waals surface area contributed by atoms with Crippen molar-refractivity contribution >= 4 is 17.6 Å². The number of furan rings is 1. The molecule has 2 fully saturated rings. The second kappa shape index (κ2) is 7.23. The summed E-state index contributed by atoms with van der Waals surface area (Å²) in [4.78, 5) is 28.5. The van der Waals surface area contributed by atoms with Crippen molar-refractivity contribution in [3.63, 3.8) is 0 Å². The predicted molar refractivity (Wildman–Crippen MR) is 98.0 cm³/mol. The summed E-state index contributed by atoms with van der Waals surface area (Å²) in [6.45, 7) is 1.80. The Kier molecular flexibility index (Phi) is 4.65. The second-order valence-corrected chi connectivity index (χ2v) is 6.88. The van der Waals surface area contributed by atoms with Gasteiger partial charge < -0.3 is 14.6 Å². The molecule has 1 aromatic carbocycles. The lowest BCUT2D eigenvalue weighted by Gasteiger charge is -2.28. The third-order valence-electron chi connectivity index (χ3n) is 5.22. The van der Waals surface area contributed by atoms with Crippen LogP contribution in [0.2, 0.25) is 0 Å². The molecule has 1 aliphatic carbocycles. The van der Waals surface area contributed by atoms with Gasteiger partial charge in [0.15, 0.2) is 0 Å². The summed E-state index contributed by atoms with van der Waals surface area (Å²) < 4.78 is 5.46. The molecule has 136 valence electrons. The van der Waals surface area contributed by atoms with Gasteiger partial charge >= 0.3 is 6.03 Å². The lowest BCUT2D eigenvalue weighted by molar-refractivity contribution is 0.0649. The lowest BCUT2D eigenvalue weighted by Crippen LogP contribution is -2.38. The molecule has 1 saturated carbocycles. The fourth-order valence-electron chi connectivity index (χ4n) is 3.82. The third kappa shape index (κ3) is 3.31. The van der Waals surface area contributed by atoms with Gasteiger partial charge in [-0.05, 0) is 49.2 Å². The van der Waals surface area contributed by atoms with Crippen LogP contribution in [0.15, 0.2) is 47.1 Å². The molecule has 6 nitrogen and oxygen atoms in total. The first-order valence-electron chi connectivity index (χ1n) is 9.21. The van der Waals surface area contributed by atoms with Gasteiger partial charge in [-0.1, -0.05) is 12.8 Å². The first-order chi connectivity index (χ1) is 12.7. The maximum Gasteiger partial charge on any atom is 0.321 e. The van der Waals surface area contributed by atoms with Crippen molar-refractivity contribution in [2.75, 3.05) is 18.0 Å². The monoisotopic (exact) mass is 353 g/mol. The molecule has 1 aliphatic heterocycles. The molecular weight excluding hydrogens is 330 g/mol. The van der Waals surface area contributed by atoms with E-state index in [2.05, 4.69) is 5.32 Å². The fourth-order valence-corrected chi connectivity index (χ4v) is 3.82. The van der Waals surface area contributed by atoms with Gasteiger partial charge in [0.25, 0.3) is 5.91 Å². The van der Waals surface area contributed by atoms with Crippen molar-refractivity contribution in [2.45, 2.75) is 38.3 Å². The Hall–Kier alpha value is -2.76. The van der Waals surface area contributed by atoms with E-state index in [0.29, 0.717) is 25.2 Å². The van der Waals surface area contributed by atoms with Gasteiger partial charge in [-0.25, -0.2) is 4.79 Å². The topological polar surface area (TPSA) is 65.8 Å². The fraction of sp³-hybridized carbons (Fsp3) is 0.400. The van der Waals surface area contributed by atoms with Crippen LogP contribution in [0, 0.1) is 0 Å². The Bertz CT molecular complexity index is 764. The smallest absolute Gasteiger partial charge is 0.321 e. The SMILES string of the molecule is O=C1NCCN1c1ccc(C(=O)N(Cc2ccco2)C2CCCC2)cc1. The highest BCUT2D eigenvalue weighted by Gasteiger charge is 2.28. The maximum atomic E-state index is 13.1. The summed E-state index contributed by atoms with van der Waals surface area (Å²) in [6.07, 6.45) is 6.05. The molecule has 6 heteroatoms. The molecule has 0 spiro atoms. The predicted octanol–water partition coefficient (Wildman–Crippen LogP) is 3.39. The number of anilines is 1. The molecule has 0 atom stereocenters. The van der Waals surface area contributed by atoms with Crippen LogP contribution in [-0.2, 0) is 6.54 Å². The molecule has 3 amide bonds. The van der Waals surface area contributed by atoms with E-state index in [1.807, 2.05) is 41.3 Å². The van der Waals surface area contributed by atoms with Crippen molar-refractivity contribution in [3.05, 3.63) is 54.0 Å². The largest absolute Gasteiger partial charge is 0.467 e. The van der Waals surface area contributed by atoms with E-state index < -0.39 is 0 Å². The average Bonchev–Trinajstić information content (AvgIpc) is 3.42. The van der Waals surface area contributed by atoms with E-state index in [1.54, 1.807) is 11.2 Å². The van der Waals surface area contributed by atoms with Crippen molar-refractivity contribution in [1.29, 1.82) is 0 Å². The van der Waals surface area contributed by atoms with Crippen molar-refractivity contribution in [3.8, 4) is 0 Å². The zero-order chi connectivity index (χ0) is 17.9. The van der Waals surface area contributed by atoms with Crippen molar-refractivity contribution < 1.29 is 14.0 Å². The zero-order valence-corrected chi connectivity index (χ0v) is 14.7. The Labute approximate surface area is 152 Å². The van der Waals surface area contributed by atoms with Crippen molar-refractivity contribution in [2.24, 2.45) is 0 Å². The normalized spacial score (nSPS) is 17.5. The molecule has 4 rings (SSSR count). The molecule has 1 aromatic heterocycles. The van der Waals surface area contributed by atoms with Gasteiger partial charge in [0, 0.05) is 30.4 Å². The summed E-state index contributed by atoms with van der Waals surface area (Å²) in [5.41, 5.74) is 1.46. The zero-order valence-electron chi connectivity index (χ0n) is 14.7. The minimum absolute atomic E-state index is 0.0192. The highest BCUT2D eigenvalue weighted by molar-refractivity contribution is 5.97. The molecule has 0 bridgehead atoms. The molecule has 1 saturated heterocycles. The molecule has 1 N–H and O–H groups in total. The van der Waals surface area contributed by atoms with Crippen LogP contribution in [0.4, 0.5) is 10.5 Å². The molecule has 2 heterocycles. The molecule has 2 aromatic rings. The molecule has 0 unspecified atom stereocenters. The highest BCUT2D eigenvalue weighted by atomic mass is 16.3. The molecule has 2 aliphatic rings. The summed E-state index contributed by atoms with van der Waals surface area (Å²) in [5.74, 6) is 0.821. The van der Waals surface area contributed by atoms with Crippen LogP contribution >= 0.6 is 0 Å². The van der Waals surface area contributed by atoms with Crippen LogP contribution in [0.1, 0.15) is 41.8 Å². The maximum absolute atomic E-state index is 13.1. The third-order valence-corrected chi connectivity index (χ3v) is 5.22. The van der Waals surface area contributed by atoms with Gasteiger partial charge in [-0.2, -0.15) is 0 Å². The molecule has 0 radical (unpaired) electrons. The summed E-state index contributed by atoms with van der Waals surface area (Å²) >= 11 is 0. The van der Waals surface area contributed by atoms with Crippen LogP contribution in [0.25, 0.3) is 0 Å². The van der Waals surface area contributed by atoms with Crippen LogP contribution in [0.5, 0.6) is 0 Å². The number of rotatable bonds is 5. The van der Waals surface area contributed by atoms with Crippen LogP contribution < -0.4 is 10.2 Å². The van der Waals surface area contributed by atoms with E-state index in [-0.39, 0.29) is 18.0 Å². The number of hydrogen-bond acceptors (Lipinski definition) is 3. The number of urea groups is 1. The lowest BCUT2D eigenvalue weighted by atomic mass is 10.1. The highest BCUT2D eigenvalue weighted by Crippen LogP contribution is 2.27. The summed E-state index contributed by atoms with van der Waals surface area (Å²) in [6, 6.07) is 11.2. The number of benzene rings is 1. The molecule has 26 heavy (non-hydrogen) atoms. The second-order valence-electron chi connectivity index (χ2n) is 6.88. The average molecular weight is 353 g/mol. The quantitative estimate of drug-likeness (QED) is 0.896. The van der Waals surface area contributed by atoms with E-state index >= 15 is 0 Å². The Morgan fingerprint density at radius 1 is 1.19 bits per heavy atom. The Balaban J connectivity index is 1.53.